The van der Waals surface area contributed by atoms with Gasteiger partial charge in [0.25, 0.3) is 0 Å². The summed E-state index contributed by atoms with van der Waals surface area (Å²) in [6.45, 7) is 18.8. The van der Waals surface area contributed by atoms with Crippen LogP contribution in [-0.4, -0.2) is 42.0 Å². The third-order valence-electron chi connectivity index (χ3n) is 9.95. The molecule has 0 amide bonds. The van der Waals surface area contributed by atoms with Crippen molar-refractivity contribution in [3.05, 3.63) is 119 Å². The van der Waals surface area contributed by atoms with Crippen molar-refractivity contribution in [1.29, 1.82) is 0 Å². The van der Waals surface area contributed by atoms with E-state index in [0.29, 0.717) is 64.7 Å². The van der Waals surface area contributed by atoms with E-state index in [4.69, 9.17) is 27.5 Å². The topological polar surface area (TPSA) is 89.5 Å². The number of esters is 2. The molecule has 0 aliphatic carbocycles. The normalized spacial score (nSPS) is 12.8. The van der Waals surface area contributed by atoms with E-state index in [9.17, 15) is 9.59 Å². The standard InChI is InChI=1S/C47H64O8Si2/c1-9-12-30-50-42-23-19-39(20-24-42)46(48)53-44-27-28-45(54-47(49)40-21-25-43(26-22-40)51-31-13-10-2)41(34-44)35-52-57(7,8)55-56(5,6)32-29-36(4)33-37(11-3)38-17-15-14-16-18-38/h14-28,34,36-37H,9-13,29-33,35H2,1-8H3. The molecule has 0 fully saturated rings. The summed E-state index contributed by atoms with van der Waals surface area (Å²) in [5.74, 6) is 2.12. The summed E-state index contributed by atoms with van der Waals surface area (Å²) in [4.78, 5) is 26.6. The summed E-state index contributed by atoms with van der Waals surface area (Å²) < 4.78 is 36.7. The maximum Gasteiger partial charge on any atom is 0.343 e. The first kappa shape index (κ1) is 45.5. The maximum absolute atomic E-state index is 13.4. The molecular weight excluding hydrogens is 749 g/mol. The van der Waals surface area contributed by atoms with Crippen LogP contribution in [0.1, 0.15) is 110 Å². The van der Waals surface area contributed by atoms with Crippen molar-refractivity contribution < 1.29 is 37.1 Å². The summed E-state index contributed by atoms with van der Waals surface area (Å²) >= 11 is 0. The predicted octanol–water partition coefficient (Wildman–Crippen LogP) is 12.5. The van der Waals surface area contributed by atoms with Crippen molar-refractivity contribution in [3.63, 3.8) is 0 Å². The van der Waals surface area contributed by atoms with E-state index in [-0.39, 0.29) is 6.61 Å². The Morgan fingerprint density at radius 3 is 1.75 bits per heavy atom. The highest BCUT2D eigenvalue weighted by molar-refractivity contribution is 6.82. The average Bonchev–Trinajstić information content (AvgIpc) is 3.20. The zero-order chi connectivity index (χ0) is 41.3. The molecule has 2 unspecified atom stereocenters. The smallest absolute Gasteiger partial charge is 0.343 e. The Bertz CT molecular complexity index is 1810. The number of carbonyl (C=O) groups excluding carboxylic acids is 2. The molecule has 0 N–H and O–H groups in total. The molecule has 10 heteroatoms. The van der Waals surface area contributed by atoms with Crippen molar-refractivity contribution in [2.24, 2.45) is 5.92 Å². The summed E-state index contributed by atoms with van der Waals surface area (Å²) in [5, 5.41) is 0. The van der Waals surface area contributed by atoms with Gasteiger partial charge in [-0.2, -0.15) is 0 Å². The van der Waals surface area contributed by atoms with Crippen molar-refractivity contribution >= 4 is 28.8 Å². The minimum Gasteiger partial charge on any atom is -0.494 e. The minimum atomic E-state index is -2.66. The Morgan fingerprint density at radius 2 is 1.21 bits per heavy atom. The van der Waals surface area contributed by atoms with Crippen LogP contribution in [-0.2, 0) is 15.1 Å². The van der Waals surface area contributed by atoms with Crippen LogP contribution in [0.5, 0.6) is 23.0 Å². The molecular formula is C47H64O8Si2. The van der Waals surface area contributed by atoms with Crippen molar-refractivity contribution in [2.45, 2.75) is 117 Å². The van der Waals surface area contributed by atoms with Crippen LogP contribution in [0.3, 0.4) is 0 Å². The van der Waals surface area contributed by atoms with E-state index >= 15 is 0 Å². The van der Waals surface area contributed by atoms with Gasteiger partial charge in [-0.1, -0.05) is 77.3 Å². The number of ether oxygens (including phenoxy) is 4. The van der Waals surface area contributed by atoms with Gasteiger partial charge in [0.05, 0.1) is 30.9 Å². The molecule has 0 spiro atoms. The molecule has 0 bridgehead atoms. The maximum atomic E-state index is 13.4. The average molecular weight is 813 g/mol. The first-order chi connectivity index (χ1) is 27.3. The first-order valence-corrected chi connectivity index (χ1v) is 26.7. The molecule has 0 aliphatic rings. The molecule has 4 aromatic carbocycles. The van der Waals surface area contributed by atoms with E-state index < -0.39 is 28.8 Å². The first-order valence-electron chi connectivity index (χ1n) is 20.7. The molecule has 57 heavy (non-hydrogen) atoms. The number of hydrogen-bond acceptors (Lipinski definition) is 8. The number of hydrogen-bond donors (Lipinski definition) is 0. The Hall–Kier alpha value is -4.23. The molecule has 0 saturated carbocycles. The molecule has 4 aromatic rings. The van der Waals surface area contributed by atoms with Crippen LogP contribution in [0.4, 0.5) is 0 Å². The van der Waals surface area contributed by atoms with E-state index in [0.717, 1.165) is 51.0 Å². The van der Waals surface area contributed by atoms with Gasteiger partial charge in [-0.3, -0.25) is 0 Å². The van der Waals surface area contributed by atoms with Crippen molar-refractivity contribution in [3.8, 4) is 23.0 Å². The van der Waals surface area contributed by atoms with Crippen LogP contribution >= 0.6 is 0 Å². The summed E-state index contributed by atoms with van der Waals surface area (Å²) in [6.07, 6.45) is 7.37. The van der Waals surface area contributed by atoms with Gasteiger partial charge in [0.1, 0.15) is 23.0 Å². The fraction of sp³-hybridized carbons (Fsp3) is 0.447. The molecule has 0 aromatic heterocycles. The minimum absolute atomic E-state index is 0.108. The Morgan fingerprint density at radius 1 is 0.667 bits per heavy atom. The lowest BCUT2D eigenvalue weighted by molar-refractivity contribution is 0.0715. The largest absolute Gasteiger partial charge is 0.494 e. The molecule has 0 saturated heterocycles. The summed E-state index contributed by atoms with van der Waals surface area (Å²) in [6, 6.07) is 30.6. The molecule has 0 radical (unpaired) electrons. The van der Waals surface area contributed by atoms with Gasteiger partial charge in [0.15, 0.2) is 8.32 Å². The Labute approximate surface area is 343 Å². The zero-order valence-electron chi connectivity index (χ0n) is 35.4. The third kappa shape index (κ3) is 15.6. The van der Waals surface area contributed by atoms with Crippen LogP contribution in [0, 0.1) is 5.92 Å². The van der Waals surface area contributed by atoms with Gasteiger partial charge in [-0.05, 0) is 142 Å². The quantitative estimate of drug-likeness (QED) is 0.0299. The number of carbonyl (C=O) groups is 2. The Balaban J connectivity index is 1.44. The fourth-order valence-electron chi connectivity index (χ4n) is 6.66. The highest BCUT2D eigenvalue weighted by Crippen LogP contribution is 2.33. The van der Waals surface area contributed by atoms with Crippen LogP contribution < -0.4 is 18.9 Å². The molecule has 0 heterocycles. The fourth-order valence-corrected chi connectivity index (χ4v) is 14.3. The van der Waals surface area contributed by atoms with Gasteiger partial charge in [0, 0.05) is 5.56 Å². The van der Waals surface area contributed by atoms with E-state index in [1.54, 1.807) is 66.7 Å². The molecule has 308 valence electrons. The zero-order valence-corrected chi connectivity index (χ0v) is 37.4. The molecule has 2 atom stereocenters. The molecule has 4 rings (SSSR count). The van der Waals surface area contributed by atoms with Crippen LogP contribution in [0.2, 0.25) is 32.2 Å². The van der Waals surface area contributed by atoms with E-state index in [2.05, 4.69) is 84.2 Å². The van der Waals surface area contributed by atoms with E-state index in [1.165, 1.54) is 5.56 Å². The van der Waals surface area contributed by atoms with Gasteiger partial charge in [0.2, 0.25) is 0 Å². The second-order valence-corrected chi connectivity index (χ2v) is 23.9. The monoisotopic (exact) mass is 812 g/mol. The third-order valence-corrected chi connectivity index (χ3v) is 16.5. The molecule has 0 aliphatic heterocycles. The second-order valence-electron chi connectivity index (χ2n) is 15.9. The van der Waals surface area contributed by atoms with Gasteiger partial charge < -0.3 is 27.5 Å². The number of benzene rings is 4. The lowest BCUT2D eigenvalue weighted by atomic mass is 9.87. The molecule has 8 nitrogen and oxygen atoms in total. The van der Waals surface area contributed by atoms with E-state index in [1.807, 2.05) is 0 Å². The predicted molar refractivity (Wildman–Crippen MR) is 234 cm³/mol. The summed E-state index contributed by atoms with van der Waals surface area (Å²) in [5.41, 5.74) is 2.76. The Kier molecular flexibility index (Phi) is 18.1. The highest BCUT2D eigenvalue weighted by atomic mass is 28.4. The van der Waals surface area contributed by atoms with Crippen LogP contribution in [0.15, 0.2) is 97.1 Å². The number of unbranched alkanes of at least 4 members (excludes halogenated alkanes) is 2. The van der Waals surface area contributed by atoms with Gasteiger partial charge in [-0.15, -0.1) is 0 Å². The van der Waals surface area contributed by atoms with Crippen molar-refractivity contribution in [1.82, 2.24) is 0 Å². The second kappa shape index (κ2) is 22.6. The van der Waals surface area contributed by atoms with Crippen LogP contribution in [0.25, 0.3) is 0 Å². The SMILES string of the molecule is CCCCOc1ccc(C(=O)Oc2ccc(OC(=O)c3ccc(OCCCC)cc3)c(CO[Si](C)(C)O[Si](C)(C)CCC(C)CC(CC)c3ccccc3)c2)cc1. The van der Waals surface area contributed by atoms with Gasteiger partial charge in [-0.25, -0.2) is 9.59 Å². The van der Waals surface area contributed by atoms with Crippen molar-refractivity contribution in [2.75, 3.05) is 13.2 Å². The summed E-state index contributed by atoms with van der Waals surface area (Å²) in [7, 11) is -4.77. The number of rotatable bonds is 24. The highest BCUT2D eigenvalue weighted by Gasteiger charge is 2.35. The lowest BCUT2D eigenvalue weighted by Gasteiger charge is -2.34. The van der Waals surface area contributed by atoms with Gasteiger partial charge >= 0.3 is 20.5 Å². The lowest BCUT2D eigenvalue weighted by Crippen LogP contribution is -2.46.